The van der Waals surface area contributed by atoms with Crippen LogP contribution in [0.2, 0.25) is 0 Å². The van der Waals surface area contributed by atoms with Crippen molar-refractivity contribution >= 4 is 39.6 Å². The van der Waals surface area contributed by atoms with Gasteiger partial charge in [-0.3, -0.25) is 0 Å². The highest BCUT2D eigenvalue weighted by molar-refractivity contribution is 5.91. The molecule has 0 unspecified atom stereocenters. The zero-order valence-electron chi connectivity index (χ0n) is 36.8. The molecule has 6 N–H and O–H groups in total. The number of aliphatic hydroxyl groups excluding tert-OH is 1. The van der Waals surface area contributed by atoms with E-state index >= 15 is 0 Å². The molecule has 3 aromatic carbocycles. The van der Waals surface area contributed by atoms with Gasteiger partial charge >= 0.3 is 17.8 Å². The molecule has 65 heavy (non-hydrogen) atoms. The number of aliphatic hydroxyl groups is 2. The Kier molecular flexibility index (Phi) is 11.3. The number of rotatable bonds is 12. The number of aromatic hydroxyl groups is 2. The first kappa shape index (κ1) is 43.3. The number of fused-ring (bicyclic) bond motifs is 5. The number of phenolic OH excluding ortho intramolecular Hbond substituents is 2. The van der Waals surface area contributed by atoms with E-state index in [1.54, 1.807) is 30.0 Å². The van der Waals surface area contributed by atoms with Gasteiger partial charge in [0.25, 0.3) is 0 Å². The van der Waals surface area contributed by atoms with Crippen molar-refractivity contribution in [2.24, 2.45) is 5.92 Å². The molecule has 9 rings (SSSR count). The molecule has 3 aliphatic heterocycles. The third-order valence-electron chi connectivity index (χ3n) is 13.6. The van der Waals surface area contributed by atoms with Crippen LogP contribution in [0, 0.1) is 5.92 Å². The molecular weight excluding hydrogens is 831 g/mol. The van der Waals surface area contributed by atoms with Gasteiger partial charge in [0, 0.05) is 72.4 Å². The highest BCUT2D eigenvalue weighted by atomic mass is 16.6. The second kappa shape index (κ2) is 16.9. The second-order valence-electron chi connectivity index (χ2n) is 17.6. The number of carboxylic acids is 1. The predicted molar refractivity (Wildman–Crippen MR) is 244 cm³/mol. The molecule has 1 saturated heterocycles. The molecule has 0 radical (unpaired) electrons. The molecule has 1 atom stereocenters. The van der Waals surface area contributed by atoms with Crippen LogP contribution in [0.3, 0.4) is 0 Å². The zero-order valence-corrected chi connectivity index (χ0v) is 36.8. The molecule has 3 aliphatic rings. The topological polar surface area (TPSA) is 219 Å². The normalized spacial score (nSPS) is 16.3. The van der Waals surface area contributed by atoms with E-state index in [0.29, 0.717) is 77.0 Å². The first-order valence-corrected chi connectivity index (χ1v) is 22.2. The summed E-state index contributed by atoms with van der Waals surface area (Å²) >= 11 is 0. The fraction of sp³-hybridized carbons (Fsp3) is 0.367. The molecule has 6 heterocycles. The SMILES string of the molecule is CCc1c2c(nc3ccc(OC(=O)N4CCC(CCn5ccc6cc(-n7c(-c8cc(C(C)C)c(O)cc8O)n[nH]c7=O)ccc65)CC4)cc13)C1=CC([C@@](O)(CC)C(=O)O)=C(CO)CN1C2. The maximum Gasteiger partial charge on any atom is 0.415 e. The Hall–Kier alpha value is -6.91. The number of ether oxygens (including phenoxy) is 1. The van der Waals surface area contributed by atoms with E-state index in [2.05, 4.69) is 21.7 Å². The summed E-state index contributed by atoms with van der Waals surface area (Å²) in [6.07, 6.45) is 6.51. The number of aromatic nitrogens is 5. The van der Waals surface area contributed by atoms with Gasteiger partial charge in [0.05, 0.1) is 34.8 Å². The van der Waals surface area contributed by atoms with Gasteiger partial charge in [0.1, 0.15) is 17.2 Å². The summed E-state index contributed by atoms with van der Waals surface area (Å²) in [5.74, 6) is -0.517. The molecule has 0 aliphatic carbocycles. The van der Waals surface area contributed by atoms with Crippen LogP contribution in [0.1, 0.15) is 81.7 Å². The van der Waals surface area contributed by atoms with Gasteiger partial charge < -0.3 is 44.6 Å². The number of amides is 1. The van der Waals surface area contributed by atoms with Crippen LogP contribution >= 0.6 is 0 Å². The first-order chi connectivity index (χ1) is 31.2. The number of piperidine rings is 1. The monoisotopic (exact) mass is 883 g/mol. The number of carbonyl (C=O) groups is 2. The van der Waals surface area contributed by atoms with Crippen molar-refractivity contribution in [2.75, 3.05) is 26.2 Å². The molecule has 0 spiro atoms. The molecule has 3 aromatic heterocycles. The molecular formula is C49H53N7O9. The lowest BCUT2D eigenvalue weighted by atomic mass is 9.84. The minimum atomic E-state index is -2.13. The highest BCUT2D eigenvalue weighted by Crippen LogP contribution is 2.43. The number of benzene rings is 3. The number of hydrogen-bond acceptors (Lipinski definition) is 11. The van der Waals surface area contributed by atoms with E-state index < -0.39 is 23.4 Å². The van der Waals surface area contributed by atoms with Crippen molar-refractivity contribution in [3.63, 3.8) is 0 Å². The summed E-state index contributed by atoms with van der Waals surface area (Å²) in [5, 5.41) is 60.9. The number of hydrogen-bond donors (Lipinski definition) is 6. The van der Waals surface area contributed by atoms with Crippen LogP contribution in [0.25, 0.3) is 44.6 Å². The van der Waals surface area contributed by atoms with Gasteiger partial charge in [-0.1, -0.05) is 27.7 Å². The number of carboxylic acid groups (broad SMARTS) is 1. The first-order valence-electron chi connectivity index (χ1n) is 22.2. The van der Waals surface area contributed by atoms with Crippen LogP contribution in [-0.4, -0.2) is 104 Å². The Morgan fingerprint density at radius 2 is 1.78 bits per heavy atom. The van der Waals surface area contributed by atoms with Crippen molar-refractivity contribution < 1.29 is 39.9 Å². The Labute approximate surface area is 374 Å². The Morgan fingerprint density at radius 1 is 1.00 bits per heavy atom. The van der Waals surface area contributed by atoms with Crippen LogP contribution in [0.4, 0.5) is 4.79 Å². The van der Waals surface area contributed by atoms with Crippen LogP contribution in [0.15, 0.2) is 82.8 Å². The number of carbonyl (C=O) groups excluding carboxylic acids is 1. The van der Waals surface area contributed by atoms with Crippen LogP contribution in [0.5, 0.6) is 17.2 Å². The van der Waals surface area contributed by atoms with E-state index in [9.17, 15) is 39.9 Å². The number of aromatic amines is 1. The van der Waals surface area contributed by atoms with Crippen molar-refractivity contribution in [1.82, 2.24) is 34.1 Å². The maximum absolute atomic E-state index is 13.5. The number of phenols is 2. The molecule has 1 fully saturated rings. The average molecular weight is 884 g/mol. The second-order valence-corrected chi connectivity index (χ2v) is 17.6. The minimum Gasteiger partial charge on any atom is -0.508 e. The van der Waals surface area contributed by atoms with Crippen molar-refractivity contribution in [3.8, 4) is 34.3 Å². The van der Waals surface area contributed by atoms with E-state index in [-0.39, 0.29) is 48.4 Å². The smallest absolute Gasteiger partial charge is 0.415 e. The van der Waals surface area contributed by atoms with Gasteiger partial charge in [-0.15, -0.1) is 0 Å². The summed E-state index contributed by atoms with van der Waals surface area (Å²) in [4.78, 5) is 47.5. The molecule has 6 aromatic rings. The Morgan fingerprint density at radius 3 is 2.49 bits per heavy atom. The predicted octanol–water partition coefficient (Wildman–Crippen LogP) is 6.81. The summed E-state index contributed by atoms with van der Waals surface area (Å²) in [6, 6.07) is 16.1. The fourth-order valence-electron chi connectivity index (χ4n) is 9.85. The molecule has 16 nitrogen and oxygen atoms in total. The van der Waals surface area contributed by atoms with E-state index in [1.165, 1.54) is 10.6 Å². The molecule has 0 saturated carbocycles. The van der Waals surface area contributed by atoms with Gasteiger partial charge in [0.2, 0.25) is 0 Å². The zero-order chi connectivity index (χ0) is 45.9. The molecule has 0 bridgehead atoms. The number of H-pyrrole nitrogens is 1. The number of aryl methyl sites for hydroxylation is 2. The standard InChI is InChI=1S/C49H53N7O9/c1-5-33-35-20-32(8-9-39(35)50-44-37(33)25-55-24-30(26-57)38(22-41(44)55)49(64,6-2)46(60)61)65-48(63)54-16-12-28(13-17-54)11-15-53-18-14-29-19-31(7-10-40(29)53)56-45(51-52-47(56)62)36-21-34(27(3)4)42(58)23-43(36)59/h7-10,14,18-23,27-28,57-59,64H,5-6,11-13,15-17,24-26H2,1-4H3,(H,52,62)(H,60,61)/t49-/m0/s1. The number of likely N-dealkylation sites (tertiary alicyclic amines) is 1. The van der Waals surface area contributed by atoms with Crippen LogP contribution < -0.4 is 10.4 Å². The maximum atomic E-state index is 13.5. The summed E-state index contributed by atoms with van der Waals surface area (Å²) in [6.45, 7) is 9.84. The third kappa shape index (κ3) is 7.59. The minimum absolute atomic E-state index is 0.0186. The number of pyridine rings is 1. The summed E-state index contributed by atoms with van der Waals surface area (Å²) < 4.78 is 9.58. The lowest BCUT2D eigenvalue weighted by molar-refractivity contribution is -0.154. The summed E-state index contributed by atoms with van der Waals surface area (Å²) in [5.41, 5.74) is 4.79. The van der Waals surface area contributed by atoms with E-state index in [0.717, 1.165) is 53.2 Å². The Bertz CT molecular complexity index is 3010. The van der Waals surface area contributed by atoms with Crippen molar-refractivity contribution in [2.45, 2.75) is 84.4 Å². The Balaban J connectivity index is 0.844. The van der Waals surface area contributed by atoms with E-state index in [4.69, 9.17) is 9.72 Å². The van der Waals surface area contributed by atoms with E-state index in [1.807, 2.05) is 61.3 Å². The average Bonchev–Trinajstić information content (AvgIpc) is 4.00. The quantitative estimate of drug-likeness (QED) is 0.0747. The largest absolute Gasteiger partial charge is 0.508 e. The van der Waals surface area contributed by atoms with Gasteiger partial charge in [-0.05, 0) is 115 Å². The third-order valence-corrected chi connectivity index (χ3v) is 13.6. The van der Waals surface area contributed by atoms with Crippen molar-refractivity contribution in [3.05, 3.63) is 111 Å². The van der Waals surface area contributed by atoms with Crippen molar-refractivity contribution in [1.29, 1.82) is 0 Å². The number of aliphatic carboxylic acids is 1. The lowest BCUT2D eigenvalue weighted by Crippen LogP contribution is -2.42. The lowest BCUT2D eigenvalue weighted by Gasteiger charge is -2.33. The molecule has 1 amide bonds. The summed E-state index contributed by atoms with van der Waals surface area (Å²) in [7, 11) is 0. The van der Waals surface area contributed by atoms with Crippen LogP contribution in [-0.2, 0) is 24.3 Å². The molecule has 338 valence electrons. The van der Waals surface area contributed by atoms with Gasteiger partial charge in [-0.2, -0.15) is 5.10 Å². The number of nitrogens with zero attached hydrogens (tertiary/aromatic N) is 6. The van der Waals surface area contributed by atoms with Gasteiger partial charge in [0.15, 0.2) is 11.4 Å². The fourth-order valence-corrected chi connectivity index (χ4v) is 9.85. The highest BCUT2D eigenvalue weighted by Gasteiger charge is 2.43. The van der Waals surface area contributed by atoms with Gasteiger partial charge in [-0.25, -0.2) is 29.0 Å². The molecule has 16 heteroatoms. The number of nitrogens with one attached hydrogen (secondary N) is 1.